The van der Waals surface area contributed by atoms with Gasteiger partial charge in [-0.1, -0.05) is 15.9 Å². The highest BCUT2D eigenvalue weighted by Crippen LogP contribution is 2.28. The first-order valence-corrected chi connectivity index (χ1v) is 4.60. The standard InChI is InChI=1S/C9H10BrN/c1-6-4-7-5-8(10)2-3-9(7)11-6/h2-3,5-6,11H,4H2,1H3. The lowest BCUT2D eigenvalue weighted by Crippen LogP contribution is -2.08. The molecule has 2 heteroatoms. The van der Waals surface area contributed by atoms with E-state index in [-0.39, 0.29) is 0 Å². The second kappa shape index (κ2) is 2.52. The molecule has 0 saturated carbocycles. The molecule has 1 heterocycles. The Kier molecular flexibility index (Phi) is 1.64. The number of hydrogen-bond donors (Lipinski definition) is 1. The Morgan fingerprint density at radius 2 is 2.36 bits per heavy atom. The molecule has 1 aromatic carbocycles. The van der Waals surface area contributed by atoms with Crippen LogP contribution in [0.15, 0.2) is 22.7 Å². The maximum atomic E-state index is 3.46. The van der Waals surface area contributed by atoms with Crippen LogP contribution in [-0.2, 0) is 6.42 Å². The molecule has 1 atom stereocenters. The van der Waals surface area contributed by atoms with Crippen LogP contribution in [0.1, 0.15) is 12.5 Å². The van der Waals surface area contributed by atoms with Gasteiger partial charge in [-0.05, 0) is 37.1 Å². The summed E-state index contributed by atoms with van der Waals surface area (Å²) in [4.78, 5) is 0. The maximum absolute atomic E-state index is 3.46. The van der Waals surface area contributed by atoms with E-state index in [4.69, 9.17) is 0 Å². The van der Waals surface area contributed by atoms with Crippen LogP contribution in [0.2, 0.25) is 0 Å². The molecule has 2 rings (SSSR count). The molecule has 0 aliphatic carbocycles. The van der Waals surface area contributed by atoms with E-state index >= 15 is 0 Å². The second-order valence-electron chi connectivity index (χ2n) is 3.05. The van der Waals surface area contributed by atoms with Gasteiger partial charge in [-0.2, -0.15) is 0 Å². The molecule has 0 amide bonds. The van der Waals surface area contributed by atoms with Crippen LogP contribution in [0.25, 0.3) is 0 Å². The average molecular weight is 212 g/mol. The zero-order valence-corrected chi connectivity index (χ0v) is 7.98. The SMILES string of the molecule is CC1Cc2cc(Br)ccc2N1. The zero-order valence-electron chi connectivity index (χ0n) is 6.39. The molecule has 11 heavy (non-hydrogen) atoms. The van der Waals surface area contributed by atoms with Crippen LogP contribution >= 0.6 is 15.9 Å². The molecule has 0 saturated heterocycles. The number of anilines is 1. The van der Waals surface area contributed by atoms with Gasteiger partial charge in [0.2, 0.25) is 0 Å². The molecular formula is C9H10BrN. The summed E-state index contributed by atoms with van der Waals surface area (Å²) in [6, 6.07) is 6.98. The van der Waals surface area contributed by atoms with E-state index in [0.717, 1.165) is 6.42 Å². The molecule has 0 bridgehead atoms. The van der Waals surface area contributed by atoms with Crippen LogP contribution < -0.4 is 5.32 Å². The van der Waals surface area contributed by atoms with Gasteiger partial charge >= 0.3 is 0 Å². The molecule has 1 aliphatic heterocycles. The van der Waals surface area contributed by atoms with Gasteiger partial charge in [0.05, 0.1) is 0 Å². The number of hydrogen-bond acceptors (Lipinski definition) is 1. The smallest absolute Gasteiger partial charge is 0.0376 e. The van der Waals surface area contributed by atoms with E-state index in [1.807, 2.05) is 0 Å². The quantitative estimate of drug-likeness (QED) is 0.697. The predicted octanol–water partition coefficient (Wildman–Crippen LogP) is 2.81. The van der Waals surface area contributed by atoms with Crippen molar-refractivity contribution in [2.45, 2.75) is 19.4 Å². The van der Waals surface area contributed by atoms with Crippen molar-refractivity contribution in [1.29, 1.82) is 0 Å². The summed E-state index contributed by atoms with van der Waals surface area (Å²) in [6.45, 7) is 2.20. The lowest BCUT2D eigenvalue weighted by Gasteiger charge is -2.00. The Bertz CT molecular complexity index is 283. The summed E-state index contributed by atoms with van der Waals surface area (Å²) >= 11 is 3.46. The van der Waals surface area contributed by atoms with Gasteiger partial charge in [0.15, 0.2) is 0 Å². The van der Waals surface area contributed by atoms with E-state index in [9.17, 15) is 0 Å². The number of nitrogens with one attached hydrogen (secondary N) is 1. The van der Waals surface area contributed by atoms with Crippen LogP contribution in [0, 0.1) is 0 Å². The third-order valence-electron chi connectivity index (χ3n) is 2.00. The summed E-state index contributed by atoms with van der Waals surface area (Å²) in [5.41, 5.74) is 2.72. The number of halogens is 1. The first kappa shape index (κ1) is 7.17. The third kappa shape index (κ3) is 1.27. The summed E-state index contributed by atoms with van der Waals surface area (Å²) in [5, 5.41) is 3.40. The molecular weight excluding hydrogens is 202 g/mol. The van der Waals surface area contributed by atoms with E-state index in [2.05, 4.69) is 46.4 Å². The molecule has 1 unspecified atom stereocenters. The van der Waals surface area contributed by atoms with E-state index in [1.165, 1.54) is 15.7 Å². The molecule has 0 fully saturated rings. The minimum absolute atomic E-state index is 0.597. The van der Waals surface area contributed by atoms with Gasteiger partial charge in [0.1, 0.15) is 0 Å². The Morgan fingerprint density at radius 1 is 1.55 bits per heavy atom. The van der Waals surface area contributed by atoms with Crippen molar-refractivity contribution in [3.63, 3.8) is 0 Å². The zero-order chi connectivity index (χ0) is 7.84. The van der Waals surface area contributed by atoms with Gasteiger partial charge in [-0.15, -0.1) is 0 Å². The fourth-order valence-electron chi connectivity index (χ4n) is 1.52. The van der Waals surface area contributed by atoms with Crippen LogP contribution in [-0.4, -0.2) is 6.04 Å². The van der Waals surface area contributed by atoms with Crippen LogP contribution in [0.3, 0.4) is 0 Å². The Hall–Kier alpha value is -0.500. The highest BCUT2D eigenvalue weighted by Gasteiger charge is 2.15. The molecule has 0 radical (unpaired) electrons. The summed E-state index contributed by atoms with van der Waals surface area (Å²) in [6.07, 6.45) is 1.15. The largest absolute Gasteiger partial charge is 0.382 e. The highest BCUT2D eigenvalue weighted by molar-refractivity contribution is 9.10. The van der Waals surface area contributed by atoms with Gasteiger partial charge < -0.3 is 5.32 Å². The topological polar surface area (TPSA) is 12.0 Å². The third-order valence-corrected chi connectivity index (χ3v) is 2.49. The molecule has 58 valence electrons. The summed E-state index contributed by atoms with van der Waals surface area (Å²) < 4.78 is 1.17. The normalized spacial score (nSPS) is 21.1. The first-order chi connectivity index (χ1) is 5.25. The minimum Gasteiger partial charge on any atom is -0.382 e. The van der Waals surface area contributed by atoms with Crippen molar-refractivity contribution in [3.8, 4) is 0 Å². The van der Waals surface area contributed by atoms with Crippen molar-refractivity contribution in [2.75, 3.05) is 5.32 Å². The van der Waals surface area contributed by atoms with Gasteiger partial charge in [0, 0.05) is 16.2 Å². The number of rotatable bonds is 0. The fourth-order valence-corrected chi connectivity index (χ4v) is 1.93. The van der Waals surface area contributed by atoms with Gasteiger partial charge in [0.25, 0.3) is 0 Å². The van der Waals surface area contributed by atoms with Crippen molar-refractivity contribution >= 4 is 21.6 Å². The lowest BCUT2D eigenvalue weighted by molar-refractivity contribution is 0.839. The predicted molar refractivity (Wildman–Crippen MR) is 50.9 cm³/mol. The number of benzene rings is 1. The highest BCUT2D eigenvalue weighted by atomic mass is 79.9. The lowest BCUT2D eigenvalue weighted by atomic mass is 10.1. The Morgan fingerprint density at radius 3 is 3.18 bits per heavy atom. The van der Waals surface area contributed by atoms with Crippen LogP contribution in [0.4, 0.5) is 5.69 Å². The monoisotopic (exact) mass is 211 g/mol. The van der Waals surface area contributed by atoms with Gasteiger partial charge in [-0.3, -0.25) is 0 Å². The molecule has 1 nitrogen and oxygen atoms in total. The van der Waals surface area contributed by atoms with E-state index in [0.29, 0.717) is 6.04 Å². The molecule has 0 spiro atoms. The van der Waals surface area contributed by atoms with Gasteiger partial charge in [-0.25, -0.2) is 0 Å². The van der Waals surface area contributed by atoms with E-state index < -0.39 is 0 Å². The Balaban J connectivity index is 2.43. The second-order valence-corrected chi connectivity index (χ2v) is 3.97. The molecule has 1 N–H and O–H groups in total. The van der Waals surface area contributed by atoms with Crippen LogP contribution in [0.5, 0.6) is 0 Å². The average Bonchev–Trinajstić information content (AvgIpc) is 2.27. The molecule has 1 aromatic rings. The molecule has 1 aliphatic rings. The Labute approximate surface area is 74.9 Å². The first-order valence-electron chi connectivity index (χ1n) is 3.80. The number of fused-ring (bicyclic) bond motifs is 1. The minimum atomic E-state index is 0.597. The maximum Gasteiger partial charge on any atom is 0.0376 e. The fraction of sp³-hybridized carbons (Fsp3) is 0.333. The van der Waals surface area contributed by atoms with E-state index in [1.54, 1.807) is 0 Å². The summed E-state index contributed by atoms with van der Waals surface area (Å²) in [7, 11) is 0. The van der Waals surface area contributed by atoms with Crippen molar-refractivity contribution in [1.82, 2.24) is 0 Å². The van der Waals surface area contributed by atoms with Crippen molar-refractivity contribution < 1.29 is 0 Å². The summed E-state index contributed by atoms with van der Waals surface area (Å²) in [5.74, 6) is 0. The molecule has 0 aromatic heterocycles. The van der Waals surface area contributed by atoms with Crippen molar-refractivity contribution in [3.05, 3.63) is 28.2 Å². The van der Waals surface area contributed by atoms with Crippen molar-refractivity contribution in [2.24, 2.45) is 0 Å².